The Bertz CT molecular complexity index is 474. The van der Waals surface area contributed by atoms with E-state index in [-0.39, 0.29) is 12.8 Å². The molecule has 1 aromatic carbocycles. The molecule has 0 fully saturated rings. The highest BCUT2D eigenvalue weighted by molar-refractivity contribution is 5.77. The predicted molar refractivity (Wildman–Crippen MR) is 72.5 cm³/mol. The minimum Gasteiger partial charge on any atom is -0.480 e. The second-order valence-electron chi connectivity index (χ2n) is 4.48. The van der Waals surface area contributed by atoms with Crippen molar-refractivity contribution in [1.82, 2.24) is 5.43 Å². The summed E-state index contributed by atoms with van der Waals surface area (Å²) < 4.78 is 0. The zero-order valence-electron chi connectivity index (χ0n) is 11.1. The quantitative estimate of drug-likeness (QED) is 0.549. The molecule has 0 saturated carbocycles. The normalized spacial score (nSPS) is 11.9. The molecule has 0 spiro atoms. The molecule has 0 bridgehead atoms. The Kier molecular flexibility index (Phi) is 5.32. The maximum Gasteiger partial charge on any atom is 0.322 e. The highest BCUT2D eigenvalue weighted by Crippen LogP contribution is 2.15. The molecule has 1 atom stereocenters. The number of anilines is 1. The summed E-state index contributed by atoms with van der Waals surface area (Å²) in [5.74, 6) is -1.54. The van der Waals surface area contributed by atoms with E-state index >= 15 is 0 Å². The van der Waals surface area contributed by atoms with E-state index in [0.717, 1.165) is 16.8 Å². The molecule has 5 N–H and O–H groups in total. The van der Waals surface area contributed by atoms with Crippen LogP contribution in [0.3, 0.4) is 0 Å². The minimum absolute atomic E-state index is 0.0262. The summed E-state index contributed by atoms with van der Waals surface area (Å²) in [6, 6.07) is 4.96. The molecular formula is C13H19N3O3. The molecule has 19 heavy (non-hydrogen) atoms. The van der Waals surface area contributed by atoms with E-state index in [4.69, 9.17) is 10.8 Å². The number of aliphatic carboxylic acids is 1. The number of hydrogen-bond donors (Lipinski definition) is 4. The predicted octanol–water partition coefficient (Wildman–Crippen LogP) is 0.939. The van der Waals surface area contributed by atoms with Crippen molar-refractivity contribution in [3.05, 3.63) is 29.3 Å². The van der Waals surface area contributed by atoms with Crippen LogP contribution in [0.4, 0.5) is 5.69 Å². The molecular weight excluding hydrogens is 246 g/mol. The third-order valence-corrected chi connectivity index (χ3v) is 2.75. The van der Waals surface area contributed by atoms with Crippen LogP contribution in [0.5, 0.6) is 0 Å². The summed E-state index contributed by atoms with van der Waals surface area (Å²) in [5.41, 5.74) is 13.5. The van der Waals surface area contributed by atoms with Gasteiger partial charge in [-0.2, -0.15) is 0 Å². The van der Waals surface area contributed by atoms with Crippen molar-refractivity contribution in [2.45, 2.75) is 32.7 Å². The zero-order chi connectivity index (χ0) is 14.4. The molecule has 104 valence electrons. The number of carbonyl (C=O) groups is 2. The van der Waals surface area contributed by atoms with Gasteiger partial charge in [0, 0.05) is 6.42 Å². The van der Waals surface area contributed by atoms with Crippen LogP contribution in [-0.2, 0) is 9.59 Å². The fraction of sp³-hybridized carbons (Fsp3) is 0.385. The smallest absolute Gasteiger partial charge is 0.322 e. The maximum atomic E-state index is 11.0. The van der Waals surface area contributed by atoms with Gasteiger partial charge in [0.2, 0.25) is 5.91 Å². The van der Waals surface area contributed by atoms with Crippen LogP contribution >= 0.6 is 0 Å². The number of nitrogens with two attached hydrogens (primary N) is 1. The Morgan fingerprint density at radius 1 is 1.37 bits per heavy atom. The van der Waals surface area contributed by atoms with E-state index in [1.807, 2.05) is 32.0 Å². The van der Waals surface area contributed by atoms with Crippen LogP contribution < -0.4 is 16.6 Å². The molecule has 0 aliphatic heterocycles. The van der Waals surface area contributed by atoms with Crippen molar-refractivity contribution in [3.63, 3.8) is 0 Å². The standard InChI is InChI=1S/C13H19N3O3/c1-8-3-4-9(2)11(7-8)16-15-10(13(18)19)5-6-12(14)17/h3-4,7,10,15-16H,5-6H2,1-2H3,(H2,14,17)(H,18,19)/t10-/m0/s1. The second-order valence-corrected chi connectivity index (χ2v) is 4.48. The number of carboxylic acids is 1. The van der Waals surface area contributed by atoms with E-state index in [1.54, 1.807) is 0 Å². The lowest BCUT2D eigenvalue weighted by atomic mass is 10.1. The Morgan fingerprint density at radius 3 is 2.63 bits per heavy atom. The Labute approximate surface area is 112 Å². The summed E-state index contributed by atoms with van der Waals surface area (Å²) in [6.45, 7) is 3.87. The molecule has 0 aliphatic rings. The van der Waals surface area contributed by atoms with Crippen molar-refractivity contribution in [2.24, 2.45) is 5.73 Å². The first-order valence-electron chi connectivity index (χ1n) is 6.00. The summed E-state index contributed by atoms with van der Waals surface area (Å²) >= 11 is 0. The SMILES string of the molecule is Cc1ccc(C)c(NN[C@@H](CCC(N)=O)C(=O)O)c1. The Hall–Kier alpha value is -2.08. The molecule has 0 heterocycles. The van der Waals surface area contributed by atoms with Gasteiger partial charge in [-0.3, -0.25) is 9.59 Å². The number of hydrogen-bond acceptors (Lipinski definition) is 4. The lowest BCUT2D eigenvalue weighted by Crippen LogP contribution is -2.41. The van der Waals surface area contributed by atoms with Crippen LogP contribution in [0, 0.1) is 13.8 Å². The van der Waals surface area contributed by atoms with Crippen molar-refractivity contribution in [2.75, 3.05) is 5.43 Å². The van der Waals surface area contributed by atoms with Gasteiger partial charge in [0.05, 0.1) is 5.69 Å². The van der Waals surface area contributed by atoms with E-state index in [2.05, 4.69) is 10.9 Å². The summed E-state index contributed by atoms with van der Waals surface area (Å²) in [6.07, 6.45) is 0.168. The lowest BCUT2D eigenvalue weighted by molar-refractivity contribution is -0.139. The van der Waals surface area contributed by atoms with E-state index < -0.39 is 17.9 Å². The first-order valence-corrected chi connectivity index (χ1v) is 6.00. The van der Waals surface area contributed by atoms with Crippen molar-refractivity contribution >= 4 is 17.6 Å². The molecule has 1 amide bonds. The summed E-state index contributed by atoms with van der Waals surface area (Å²) in [4.78, 5) is 21.7. The molecule has 0 aliphatic carbocycles. The lowest BCUT2D eigenvalue weighted by Gasteiger charge is -2.17. The van der Waals surface area contributed by atoms with Crippen molar-refractivity contribution < 1.29 is 14.7 Å². The number of primary amides is 1. The first kappa shape index (κ1) is 15.0. The van der Waals surface area contributed by atoms with Gasteiger partial charge in [0.1, 0.15) is 6.04 Å². The van der Waals surface area contributed by atoms with Crippen LogP contribution in [0.25, 0.3) is 0 Å². The number of carboxylic acid groups (broad SMARTS) is 1. The monoisotopic (exact) mass is 265 g/mol. The van der Waals surface area contributed by atoms with E-state index in [0.29, 0.717) is 0 Å². The fourth-order valence-electron chi connectivity index (χ4n) is 1.58. The number of hydrazine groups is 1. The van der Waals surface area contributed by atoms with Gasteiger partial charge in [-0.1, -0.05) is 12.1 Å². The fourth-order valence-corrected chi connectivity index (χ4v) is 1.58. The van der Waals surface area contributed by atoms with Gasteiger partial charge in [0.25, 0.3) is 0 Å². The number of carbonyl (C=O) groups excluding carboxylic acids is 1. The Morgan fingerprint density at radius 2 is 2.05 bits per heavy atom. The van der Waals surface area contributed by atoms with Crippen LogP contribution in [0.1, 0.15) is 24.0 Å². The molecule has 1 aromatic rings. The summed E-state index contributed by atoms with van der Waals surface area (Å²) in [5, 5.41) is 9.03. The van der Waals surface area contributed by atoms with Gasteiger partial charge >= 0.3 is 5.97 Å². The molecule has 0 radical (unpaired) electrons. The van der Waals surface area contributed by atoms with Gasteiger partial charge in [-0.05, 0) is 37.5 Å². The highest BCUT2D eigenvalue weighted by Gasteiger charge is 2.17. The van der Waals surface area contributed by atoms with Gasteiger partial charge < -0.3 is 16.3 Å². The number of aryl methyl sites for hydroxylation is 2. The first-order chi connectivity index (χ1) is 8.90. The molecule has 6 nitrogen and oxygen atoms in total. The number of amides is 1. The van der Waals surface area contributed by atoms with Crippen molar-refractivity contribution in [1.29, 1.82) is 0 Å². The van der Waals surface area contributed by atoms with Crippen LogP contribution in [-0.4, -0.2) is 23.0 Å². The zero-order valence-corrected chi connectivity index (χ0v) is 11.1. The third-order valence-electron chi connectivity index (χ3n) is 2.75. The number of nitrogens with one attached hydrogen (secondary N) is 2. The minimum atomic E-state index is -1.03. The third kappa shape index (κ3) is 4.97. The number of rotatable bonds is 7. The average Bonchev–Trinajstić information content (AvgIpc) is 2.32. The largest absolute Gasteiger partial charge is 0.480 e. The van der Waals surface area contributed by atoms with E-state index in [9.17, 15) is 9.59 Å². The van der Waals surface area contributed by atoms with Gasteiger partial charge in [0.15, 0.2) is 0 Å². The van der Waals surface area contributed by atoms with E-state index in [1.165, 1.54) is 0 Å². The molecule has 0 unspecified atom stereocenters. The molecule has 1 rings (SSSR count). The van der Waals surface area contributed by atoms with Crippen LogP contribution in [0.2, 0.25) is 0 Å². The summed E-state index contributed by atoms with van der Waals surface area (Å²) in [7, 11) is 0. The van der Waals surface area contributed by atoms with Gasteiger partial charge in [-0.15, -0.1) is 0 Å². The molecule has 0 saturated heterocycles. The Balaban J connectivity index is 2.63. The topological polar surface area (TPSA) is 104 Å². The molecule has 6 heteroatoms. The van der Waals surface area contributed by atoms with Crippen LogP contribution in [0.15, 0.2) is 18.2 Å². The average molecular weight is 265 g/mol. The van der Waals surface area contributed by atoms with Gasteiger partial charge in [-0.25, -0.2) is 5.43 Å². The highest BCUT2D eigenvalue weighted by atomic mass is 16.4. The number of benzene rings is 1. The second kappa shape index (κ2) is 6.75. The molecule has 0 aromatic heterocycles. The van der Waals surface area contributed by atoms with Crippen molar-refractivity contribution in [3.8, 4) is 0 Å². The maximum absolute atomic E-state index is 11.0.